The predicted octanol–water partition coefficient (Wildman–Crippen LogP) is 6.08. The van der Waals surface area contributed by atoms with Crippen LogP contribution in [-0.2, 0) is 0 Å². The zero-order valence-electron chi connectivity index (χ0n) is 16.4. The van der Waals surface area contributed by atoms with Crippen molar-refractivity contribution in [1.82, 2.24) is 4.90 Å². The number of rotatable bonds is 4. The maximum Gasteiger partial charge on any atom is 0.100 e. The monoisotopic (exact) mass is 321 g/mol. The molecule has 1 heteroatoms. The molecule has 3 aliphatic carbocycles. The number of hydrogen-bond acceptors (Lipinski definition) is 1. The van der Waals surface area contributed by atoms with E-state index in [9.17, 15) is 0 Å². The third-order valence-corrected chi connectivity index (χ3v) is 7.38. The van der Waals surface area contributed by atoms with Gasteiger partial charge < -0.3 is 4.90 Å². The van der Waals surface area contributed by atoms with Crippen LogP contribution >= 0.6 is 0 Å². The smallest absolute Gasteiger partial charge is 0.100 e. The molecule has 3 atom stereocenters. The summed E-state index contributed by atoms with van der Waals surface area (Å²) in [6.07, 6.45) is 11.0. The molecule has 0 bridgehead atoms. The molecular weight excluding hydrogens is 290 g/mol. The maximum absolute atomic E-state index is 2.77. The number of hydrogen-bond donors (Lipinski definition) is 0. The number of allylic oxidation sites excluding steroid dienone is 5. The van der Waals surface area contributed by atoms with Crippen LogP contribution < -0.4 is 0 Å². The first-order valence-electron chi connectivity index (χ1n) is 9.59. The minimum Gasteiger partial charge on any atom is -0.344 e. The van der Waals surface area contributed by atoms with Gasteiger partial charge in [-0.1, -0.05) is 38.5 Å². The maximum atomic E-state index is 2.77. The van der Waals surface area contributed by atoms with Crippen LogP contribution in [0.3, 0.4) is 0 Å². The molecule has 4 aliphatic rings. The van der Waals surface area contributed by atoms with Crippen LogP contribution in [0.4, 0.5) is 0 Å². The summed E-state index contributed by atoms with van der Waals surface area (Å²) in [6, 6.07) is 0. The lowest BCUT2D eigenvalue weighted by atomic mass is 9.81. The summed E-state index contributed by atoms with van der Waals surface area (Å²) in [5.41, 5.74) is 11.1. The molecule has 0 spiro atoms. The molecule has 1 saturated heterocycles. The van der Waals surface area contributed by atoms with E-state index < -0.39 is 0 Å². The normalized spacial score (nSPS) is 35.1. The fraction of sp³-hybridized carbons (Fsp3) is 0.565. The van der Waals surface area contributed by atoms with Crippen LogP contribution in [0.2, 0.25) is 0 Å². The number of nitrogens with zero attached hydrogens (tertiary/aromatic N) is 1. The molecule has 0 amide bonds. The van der Waals surface area contributed by atoms with Gasteiger partial charge >= 0.3 is 0 Å². The zero-order valence-corrected chi connectivity index (χ0v) is 16.4. The quantitative estimate of drug-likeness (QED) is 0.567. The molecule has 1 fully saturated rings. The Morgan fingerprint density at radius 1 is 1.17 bits per heavy atom. The molecular formula is C23H31N. The van der Waals surface area contributed by atoms with Crippen molar-refractivity contribution in [3.05, 3.63) is 57.4 Å². The summed E-state index contributed by atoms with van der Waals surface area (Å²) in [6.45, 7) is 16.5. The topological polar surface area (TPSA) is 3.01 Å². The standard InChI is InChI=1S/C23H31N/c1-8-14(2)12-23(13-15(3)19-10-9-11-20(19)23)24-21-17(5)16(4)18(6)22(21,24)7/h9,11,13-14H,8,10,12H2,1-7H3. The second-order valence-corrected chi connectivity index (χ2v) is 8.60. The first-order chi connectivity index (χ1) is 11.3. The van der Waals surface area contributed by atoms with E-state index in [-0.39, 0.29) is 11.1 Å². The zero-order chi connectivity index (χ0) is 17.4. The Balaban J connectivity index is 1.86. The Morgan fingerprint density at radius 3 is 2.46 bits per heavy atom. The van der Waals surface area contributed by atoms with Crippen LogP contribution in [0.1, 0.15) is 67.7 Å². The summed E-state index contributed by atoms with van der Waals surface area (Å²) < 4.78 is 0. The first-order valence-corrected chi connectivity index (χ1v) is 9.59. The van der Waals surface area contributed by atoms with Crippen molar-refractivity contribution in [3.63, 3.8) is 0 Å². The Labute approximate surface area is 147 Å². The second kappa shape index (κ2) is 4.77. The molecule has 0 aromatic rings. The molecule has 3 unspecified atom stereocenters. The van der Waals surface area contributed by atoms with Gasteiger partial charge in [0.1, 0.15) is 5.54 Å². The average molecular weight is 322 g/mol. The summed E-state index contributed by atoms with van der Waals surface area (Å²) in [5.74, 6) is 0.728. The van der Waals surface area contributed by atoms with Crippen LogP contribution in [-0.4, -0.2) is 16.0 Å². The highest BCUT2D eigenvalue weighted by Crippen LogP contribution is 2.66. The lowest BCUT2D eigenvalue weighted by Gasteiger charge is -2.38. The van der Waals surface area contributed by atoms with Crippen molar-refractivity contribution in [2.45, 2.75) is 78.8 Å². The highest BCUT2D eigenvalue weighted by molar-refractivity contribution is 5.70. The summed E-state index contributed by atoms with van der Waals surface area (Å²) in [4.78, 5) is 2.77. The van der Waals surface area contributed by atoms with E-state index in [1.54, 1.807) is 22.4 Å². The van der Waals surface area contributed by atoms with Crippen molar-refractivity contribution >= 4 is 0 Å². The van der Waals surface area contributed by atoms with E-state index in [0.717, 1.165) is 12.3 Å². The van der Waals surface area contributed by atoms with E-state index in [2.05, 4.69) is 71.6 Å². The third kappa shape index (κ3) is 1.66. The van der Waals surface area contributed by atoms with Crippen LogP contribution in [0.25, 0.3) is 0 Å². The largest absolute Gasteiger partial charge is 0.344 e. The van der Waals surface area contributed by atoms with E-state index in [0.29, 0.717) is 0 Å². The lowest BCUT2D eigenvalue weighted by Crippen LogP contribution is -2.42. The minimum atomic E-state index is 0.0785. The summed E-state index contributed by atoms with van der Waals surface area (Å²) >= 11 is 0. The van der Waals surface area contributed by atoms with Crippen LogP contribution in [0.15, 0.2) is 57.4 Å². The Bertz CT molecular complexity index is 785. The molecule has 0 N–H and O–H groups in total. The van der Waals surface area contributed by atoms with E-state index in [1.165, 1.54) is 29.6 Å². The molecule has 128 valence electrons. The van der Waals surface area contributed by atoms with Crippen molar-refractivity contribution in [2.24, 2.45) is 5.92 Å². The Morgan fingerprint density at radius 2 is 1.88 bits per heavy atom. The van der Waals surface area contributed by atoms with Gasteiger partial charge in [0.25, 0.3) is 0 Å². The van der Waals surface area contributed by atoms with Crippen molar-refractivity contribution < 1.29 is 0 Å². The van der Waals surface area contributed by atoms with Gasteiger partial charge in [-0.25, -0.2) is 0 Å². The van der Waals surface area contributed by atoms with Crippen LogP contribution in [0, 0.1) is 5.92 Å². The molecule has 1 nitrogen and oxygen atoms in total. The van der Waals surface area contributed by atoms with E-state index in [1.807, 2.05) is 0 Å². The molecule has 1 heterocycles. The predicted molar refractivity (Wildman–Crippen MR) is 103 cm³/mol. The van der Waals surface area contributed by atoms with E-state index >= 15 is 0 Å². The van der Waals surface area contributed by atoms with Gasteiger partial charge in [-0.2, -0.15) is 0 Å². The SMILES string of the molecule is CCC(C)CC1(N2C3=C(C)C(C)=C(C)C32C)C=C(C)C2=C1C=CC2. The van der Waals surface area contributed by atoms with Gasteiger partial charge in [0.2, 0.25) is 0 Å². The molecule has 0 aromatic heterocycles. The van der Waals surface area contributed by atoms with Gasteiger partial charge in [-0.05, 0) is 86.8 Å². The average Bonchev–Trinajstić information content (AvgIpc) is 2.85. The molecule has 4 rings (SSSR count). The van der Waals surface area contributed by atoms with Gasteiger partial charge in [-0.15, -0.1) is 0 Å². The minimum absolute atomic E-state index is 0.0785. The summed E-state index contributed by atoms with van der Waals surface area (Å²) in [5, 5.41) is 0. The summed E-state index contributed by atoms with van der Waals surface area (Å²) in [7, 11) is 0. The Hall–Kier alpha value is -1.50. The molecule has 0 saturated carbocycles. The second-order valence-electron chi connectivity index (χ2n) is 8.60. The highest BCUT2D eigenvalue weighted by Gasteiger charge is 2.67. The Kier molecular flexibility index (Phi) is 3.18. The molecule has 24 heavy (non-hydrogen) atoms. The fourth-order valence-corrected chi connectivity index (χ4v) is 5.56. The van der Waals surface area contributed by atoms with Gasteiger partial charge in [0.15, 0.2) is 0 Å². The number of fused-ring (bicyclic) bond motifs is 1. The van der Waals surface area contributed by atoms with E-state index in [4.69, 9.17) is 0 Å². The van der Waals surface area contributed by atoms with Crippen LogP contribution in [0.5, 0.6) is 0 Å². The van der Waals surface area contributed by atoms with Gasteiger partial charge in [0.05, 0.1) is 5.54 Å². The molecule has 0 radical (unpaired) electrons. The van der Waals surface area contributed by atoms with Crippen molar-refractivity contribution in [1.29, 1.82) is 0 Å². The molecule has 0 aromatic carbocycles. The fourth-order valence-electron chi connectivity index (χ4n) is 5.56. The highest BCUT2D eigenvalue weighted by atomic mass is 15.4. The lowest BCUT2D eigenvalue weighted by molar-refractivity contribution is 0.253. The van der Waals surface area contributed by atoms with Gasteiger partial charge in [-0.3, -0.25) is 0 Å². The van der Waals surface area contributed by atoms with Crippen molar-refractivity contribution in [2.75, 3.05) is 0 Å². The first kappa shape index (κ1) is 16.0. The third-order valence-electron chi connectivity index (χ3n) is 7.38. The van der Waals surface area contributed by atoms with Crippen molar-refractivity contribution in [3.8, 4) is 0 Å². The molecule has 1 aliphatic heterocycles. The van der Waals surface area contributed by atoms with Gasteiger partial charge in [0, 0.05) is 5.70 Å².